The van der Waals surface area contributed by atoms with Gasteiger partial charge in [-0.3, -0.25) is 4.98 Å². The molecule has 0 radical (unpaired) electrons. The second kappa shape index (κ2) is 5.69. The Hall–Kier alpha value is -2.10. The van der Waals surface area contributed by atoms with E-state index < -0.39 is 12.0 Å². The zero-order valence-corrected chi connectivity index (χ0v) is 11.1. The molecular formula is C15H18N2O2. The standard InChI is InChI=1S/C15H18N2O2/c1-3-10(2)14(15(18)19)17-13-8-9-16-12-7-5-4-6-11(12)13/h4-10,14H,3H2,1-2H3,(H,16,17)(H,18,19)/t10-,14-/m0/s1. The van der Waals surface area contributed by atoms with Crippen LogP contribution in [0.5, 0.6) is 0 Å². The molecule has 1 aromatic heterocycles. The summed E-state index contributed by atoms with van der Waals surface area (Å²) in [6.45, 7) is 3.93. The van der Waals surface area contributed by atoms with Gasteiger partial charge in [-0.25, -0.2) is 4.79 Å². The van der Waals surface area contributed by atoms with Crippen LogP contribution in [0.25, 0.3) is 10.9 Å². The van der Waals surface area contributed by atoms with Gasteiger partial charge in [0.1, 0.15) is 6.04 Å². The maximum absolute atomic E-state index is 11.4. The van der Waals surface area contributed by atoms with Gasteiger partial charge in [0.25, 0.3) is 0 Å². The molecule has 1 aromatic carbocycles. The molecule has 4 nitrogen and oxygen atoms in total. The maximum atomic E-state index is 11.4. The topological polar surface area (TPSA) is 62.2 Å². The number of aliphatic carboxylic acids is 1. The first-order chi connectivity index (χ1) is 9.13. The van der Waals surface area contributed by atoms with E-state index in [-0.39, 0.29) is 5.92 Å². The minimum absolute atomic E-state index is 0.0597. The molecule has 0 unspecified atom stereocenters. The third-order valence-electron chi connectivity index (χ3n) is 3.44. The molecule has 2 atom stereocenters. The Bertz CT molecular complexity index is 578. The lowest BCUT2D eigenvalue weighted by molar-refractivity contribution is -0.139. The second-order valence-electron chi connectivity index (χ2n) is 4.72. The molecule has 0 aliphatic heterocycles. The summed E-state index contributed by atoms with van der Waals surface area (Å²) in [6, 6.07) is 8.94. The fourth-order valence-corrected chi connectivity index (χ4v) is 2.07. The molecule has 0 aliphatic rings. The van der Waals surface area contributed by atoms with Crippen LogP contribution >= 0.6 is 0 Å². The van der Waals surface area contributed by atoms with Crippen LogP contribution in [0, 0.1) is 5.92 Å². The number of hydrogen-bond acceptors (Lipinski definition) is 3. The number of benzene rings is 1. The highest BCUT2D eigenvalue weighted by molar-refractivity contribution is 5.92. The van der Waals surface area contributed by atoms with E-state index in [1.165, 1.54) is 0 Å². The summed E-state index contributed by atoms with van der Waals surface area (Å²) in [4.78, 5) is 15.6. The van der Waals surface area contributed by atoms with Gasteiger partial charge < -0.3 is 10.4 Å². The summed E-state index contributed by atoms with van der Waals surface area (Å²) in [7, 11) is 0. The van der Waals surface area contributed by atoms with Gasteiger partial charge in [-0.2, -0.15) is 0 Å². The molecule has 0 fully saturated rings. The summed E-state index contributed by atoms with van der Waals surface area (Å²) in [5.74, 6) is -0.764. The molecule has 0 spiro atoms. The summed E-state index contributed by atoms with van der Waals surface area (Å²) in [5, 5.41) is 13.4. The van der Waals surface area contributed by atoms with Crippen molar-refractivity contribution in [2.75, 3.05) is 5.32 Å². The summed E-state index contributed by atoms with van der Waals surface area (Å²) >= 11 is 0. The van der Waals surface area contributed by atoms with Crippen LogP contribution in [-0.4, -0.2) is 22.1 Å². The molecule has 0 saturated heterocycles. The maximum Gasteiger partial charge on any atom is 0.326 e. The van der Waals surface area contributed by atoms with Crippen LogP contribution < -0.4 is 5.32 Å². The third-order valence-corrected chi connectivity index (χ3v) is 3.44. The molecule has 19 heavy (non-hydrogen) atoms. The van der Waals surface area contributed by atoms with Gasteiger partial charge in [-0.15, -0.1) is 0 Å². The minimum Gasteiger partial charge on any atom is -0.480 e. The van der Waals surface area contributed by atoms with E-state index in [0.29, 0.717) is 0 Å². The largest absolute Gasteiger partial charge is 0.480 e. The van der Waals surface area contributed by atoms with Gasteiger partial charge in [0.2, 0.25) is 0 Å². The fourth-order valence-electron chi connectivity index (χ4n) is 2.07. The number of nitrogens with zero attached hydrogens (tertiary/aromatic N) is 1. The lowest BCUT2D eigenvalue weighted by Gasteiger charge is -2.22. The van der Waals surface area contributed by atoms with Gasteiger partial charge in [0, 0.05) is 17.3 Å². The molecule has 4 heteroatoms. The van der Waals surface area contributed by atoms with Gasteiger partial charge in [0.15, 0.2) is 0 Å². The quantitative estimate of drug-likeness (QED) is 0.864. The molecule has 2 N–H and O–H groups in total. The van der Waals surface area contributed by atoms with Crippen molar-refractivity contribution in [2.45, 2.75) is 26.3 Å². The second-order valence-corrected chi connectivity index (χ2v) is 4.72. The predicted octanol–water partition coefficient (Wildman–Crippen LogP) is 3.15. The van der Waals surface area contributed by atoms with Crippen LogP contribution in [0.15, 0.2) is 36.5 Å². The van der Waals surface area contributed by atoms with Crippen molar-refractivity contribution >= 4 is 22.6 Å². The van der Waals surface area contributed by atoms with Crippen molar-refractivity contribution in [2.24, 2.45) is 5.92 Å². The number of hydrogen-bond donors (Lipinski definition) is 2. The summed E-state index contributed by atoms with van der Waals surface area (Å²) in [5.41, 5.74) is 1.68. The average molecular weight is 258 g/mol. The Morgan fingerprint density at radius 1 is 1.37 bits per heavy atom. The summed E-state index contributed by atoms with van der Waals surface area (Å²) in [6.07, 6.45) is 2.51. The van der Waals surface area contributed by atoms with Gasteiger partial charge in [-0.05, 0) is 18.1 Å². The Morgan fingerprint density at radius 2 is 2.11 bits per heavy atom. The molecule has 0 amide bonds. The van der Waals surface area contributed by atoms with Crippen molar-refractivity contribution in [1.82, 2.24) is 4.98 Å². The van der Waals surface area contributed by atoms with Crippen molar-refractivity contribution < 1.29 is 9.90 Å². The third kappa shape index (κ3) is 2.84. The normalized spacial score (nSPS) is 14.0. The highest BCUT2D eigenvalue weighted by Crippen LogP contribution is 2.23. The van der Waals surface area contributed by atoms with Crippen LogP contribution in [0.3, 0.4) is 0 Å². The van der Waals surface area contributed by atoms with E-state index in [1.807, 2.05) is 44.2 Å². The Labute approximate surface area is 112 Å². The van der Waals surface area contributed by atoms with E-state index in [2.05, 4.69) is 10.3 Å². The highest BCUT2D eigenvalue weighted by Gasteiger charge is 2.23. The van der Waals surface area contributed by atoms with Crippen molar-refractivity contribution in [3.05, 3.63) is 36.5 Å². The van der Waals surface area contributed by atoms with E-state index >= 15 is 0 Å². The number of anilines is 1. The summed E-state index contributed by atoms with van der Waals surface area (Å²) < 4.78 is 0. The van der Waals surface area contributed by atoms with Crippen molar-refractivity contribution in [3.63, 3.8) is 0 Å². The number of nitrogens with one attached hydrogen (secondary N) is 1. The number of aromatic nitrogens is 1. The average Bonchev–Trinajstić information content (AvgIpc) is 2.43. The Morgan fingerprint density at radius 3 is 2.79 bits per heavy atom. The monoisotopic (exact) mass is 258 g/mol. The molecule has 1 heterocycles. The molecular weight excluding hydrogens is 240 g/mol. The zero-order valence-electron chi connectivity index (χ0n) is 11.1. The van der Waals surface area contributed by atoms with Crippen LogP contribution in [0.2, 0.25) is 0 Å². The molecule has 0 bridgehead atoms. The van der Waals surface area contributed by atoms with E-state index in [0.717, 1.165) is 23.0 Å². The molecule has 2 rings (SSSR count). The number of rotatable bonds is 5. The smallest absolute Gasteiger partial charge is 0.326 e. The van der Waals surface area contributed by atoms with E-state index in [4.69, 9.17) is 0 Å². The predicted molar refractivity (Wildman–Crippen MR) is 76.2 cm³/mol. The molecule has 2 aromatic rings. The number of para-hydroxylation sites is 1. The molecule has 100 valence electrons. The van der Waals surface area contributed by atoms with E-state index in [9.17, 15) is 9.90 Å². The highest BCUT2D eigenvalue weighted by atomic mass is 16.4. The fraction of sp³-hybridized carbons (Fsp3) is 0.333. The number of carboxylic acid groups (broad SMARTS) is 1. The first-order valence-electron chi connectivity index (χ1n) is 6.46. The van der Waals surface area contributed by atoms with Crippen molar-refractivity contribution in [3.8, 4) is 0 Å². The zero-order chi connectivity index (χ0) is 13.8. The lowest BCUT2D eigenvalue weighted by atomic mass is 9.98. The number of carbonyl (C=O) groups is 1. The minimum atomic E-state index is -0.824. The molecule has 0 saturated carbocycles. The van der Waals surface area contributed by atoms with Gasteiger partial charge in [-0.1, -0.05) is 38.5 Å². The van der Waals surface area contributed by atoms with Crippen LogP contribution in [-0.2, 0) is 4.79 Å². The van der Waals surface area contributed by atoms with Gasteiger partial charge >= 0.3 is 5.97 Å². The lowest BCUT2D eigenvalue weighted by Crippen LogP contribution is -2.35. The van der Waals surface area contributed by atoms with Crippen molar-refractivity contribution in [1.29, 1.82) is 0 Å². The van der Waals surface area contributed by atoms with E-state index in [1.54, 1.807) is 6.20 Å². The number of fused-ring (bicyclic) bond motifs is 1. The van der Waals surface area contributed by atoms with Crippen LogP contribution in [0.1, 0.15) is 20.3 Å². The first-order valence-corrected chi connectivity index (χ1v) is 6.46. The molecule has 0 aliphatic carbocycles. The number of pyridine rings is 1. The number of carboxylic acids is 1. The Kier molecular flexibility index (Phi) is 4.00. The van der Waals surface area contributed by atoms with Crippen LogP contribution in [0.4, 0.5) is 5.69 Å². The Balaban J connectivity index is 2.36. The first kappa shape index (κ1) is 13.3. The van der Waals surface area contributed by atoms with Gasteiger partial charge in [0.05, 0.1) is 5.52 Å². The SMILES string of the molecule is CC[C@H](C)[C@H](Nc1ccnc2ccccc12)C(=O)O.